The summed E-state index contributed by atoms with van der Waals surface area (Å²) in [5, 5.41) is 0. The van der Waals surface area contributed by atoms with E-state index in [1.165, 1.54) is 0 Å². The smallest absolute Gasteiger partial charge is 0.421 e. The molecule has 2 aromatic carbocycles. The normalized spacial score (nSPS) is 22.6. The summed E-state index contributed by atoms with van der Waals surface area (Å²) in [6, 6.07) is 10.4. The largest absolute Gasteiger partial charge is 0.493 e. The van der Waals surface area contributed by atoms with Crippen LogP contribution in [-0.2, 0) is 30.9 Å². The Morgan fingerprint density at radius 1 is 0.955 bits per heavy atom. The fraction of sp³-hybridized carbons (Fsp3) is 0.514. The number of methoxy groups -OCH3 is 2. The number of rotatable bonds is 5. The number of anilines is 1. The molecule has 9 heteroatoms. The lowest BCUT2D eigenvalue weighted by Gasteiger charge is -2.53. The number of nitrogens with zero attached hydrogens (tertiary/aromatic N) is 2. The zero-order valence-corrected chi connectivity index (χ0v) is 27.3. The molecular formula is C35H44N2O7. The van der Waals surface area contributed by atoms with Crippen LogP contribution in [0.2, 0.25) is 0 Å². The Kier molecular flexibility index (Phi) is 7.97. The van der Waals surface area contributed by atoms with Crippen molar-refractivity contribution in [1.82, 2.24) is 4.90 Å². The van der Waals surface area contributed by atoms with Crippen molar-refractivity contribution < 1.29 is 33.3 Å². The summed E-state index contributed by atoms with van der Waals surface area (Å²) in [7, 11) is 3.17. The highest BCUT2D eigenvalue weighted by molar-refractivity contribution is 6.23. The Labute approximate surface area is 260 Å². The number of amides is 2. The number of carbonyl (C=O) groups excluding carboxylic acids is 3. The standard InChI is InChI=1S/C35H44N2O7/c1-10-13-22-20-36-17-16-21-18-26(41-8)27(42-9)19-23(21)29(36)35(28(22)30(38)43-33(2,3)4)24-14-11-12-15-25(24)37(31(35)39)32(40)44-34(5,6)7/h11-12,14-15,18-20,28-29H,10,13,16-17H2,1-9H3/t28-,29+,35+/m0/s1. The maximum absolute atomic E-state index is 15.3. The van der Waals surface area contributed by atoms with Crippen molar-refractivity contribution in [2.75, 3.05) is 25.7 Å². The summed E-state index contributed by atoms with van der Waals surface area (Å²) in [4.78, 5) is 47.0. The molecule has 3 aliphatic heterocycles. The Balaban J connectivity index is 1.87. The first-order chi connectivity index (χ1) is 20.7. The lowest BCUT2D eigenvalue weighted by Crippen LogP contribution is -2.61. The van der Waals surface area contributed by atoms with Crippen molar-refractivity contribution in [1.29, 1.82) is 0 Å². The molecule has 3 heterocycles. The third kappa shape index (κ3) is 5.10. The third-order valence-corrected chi connectivity index (χ3v) is 8.40. The SMILES string of the molecule is CCCC1=CN2CCc3cc(OC)c(OC)cc3[C@@H]2[C@]2(C(=O)N(C(=O)OC(C)(C)C)c3ccccc32)[C@@H]1C(=O)OC(C)(C)C. The molecule has 0 bridgehead atoms. The minimum Gasteiger partial charge on any atom is -0.493 e. The van der Waals surface area contributed by atoms with Crippen molar-refractivity contribution in [3.05, 3.63) is 64.9 Å². The Bertz CT molecular complexity index is 1520. The lowest BCUT2D eigenvalue weighted by atomic mass is 9.58. The Morgan fingerprint density at radius 2 is 1.59 bits per heavy atom. The van der Waals surface area contributed by atoms with E-state index in [1.807, 2.05) is 58.2 Å². The quantitative estimate of drug-likeness (QED) is 0.358. The molecule has 0 N–H and O–H groups in total. The van der Waals surface area contributed by atoms with Crippen LogP contribution in [0.5, 0.6) is 11.5 Å². The van der Waals surface area contributed by atoms with Gasteiger partial charge in [-0.1, -0.05) is 31.5 Å². The third-order valence-electron chi connectivity index (χ3n) is 8.40. The van der Waals surface area contributed by atoms with Crippen LogP contribution in [0.3, 0.4) is 0 Å². The maximum Gasteiger partial charge on any atom is 0.421 e. The van der Waals surface area contributed by atoms with Crippen LogP contribution < -0.4 is 14.4 Å². The van der Waals surface area contributed by atoms with Gasteiger partial charge in [-0.15, -0.1) is 0 Å². The van der Waals surface area contributed by atoms with Crippen LogP contribution in [0.1, 0.15) is 84.0 Å². The van der Waals surface area contributed by atoms with Gasteiger partial charge in [-0.3, -0.25) is 9.59 Å². The molecule has 5 rings (SSSR count). The van der Waals surface area contributed by atoms with Crippen LogP contribution in [0.25, 0.3) is 0 Å². The highest BCUT2D eigenvalue weighted by atomic mass is 16.6. The number of fused-ring (bicyclic) bond motifs is 6. The average Bonchev–Trinajstić information content (AvgIpc) is 3.18. The zero-order chi connectivity index (χ0) is 32.2. The predicted octanol–water partition coefficient (Wildman–Crippen LogP) is 6.48. The monoisotopic (exact) mass is 604 g/mol. The molecule has 0 saturated heterocycles. The molecule has 3 atom stereocenters. The van der Waals surface area contributed by atoms with Gasteiger partial charge in [0.05, 0.1) is 25.9 Å². The van der Waals surface area contributed by atoms with Crippen molar-refractivity contribution in [2.24, 2.45) is 5.92 Å². The van der Waals surface area contributed by atoms with Gasteiger partial charge in [-0.05, 0) is 101 Å². The molecule has 0 saturated carbocycles. The van der Waals surface area contributed by atoms with Crippen LogP contribution in [-0.4, -0.2) is 54.8 Å². The molecule has 1 spiro atoms. The molecule has 0 radical (unpaired) electrons. The topological polar surface area (TPSA) is 94.6 Å². The fourth-order valence-electron chi connectivity index (χ4n) is 7.00. The van der Waals surface area contributed by atoms with Crippen molar-refractivity contribution in [3.63, 3.8) is 0 Å². The number of benzene rings is 2. The Morgan fingerprint density at radius 3 is 2.20 bits per heavy atom. The van der Waals surface area contributed by atoms with E-state index < -0.39 is 46.5 Å². The van der Waals surface area contributed by atoms with E-state index in [1.54, 1.807) is 47.1 Å². The molecule has 0 fully saturated rings. The van der Waals surface area contributed by atoms with Crippen molar-refractivity contribution in [2.45, 2.75) is 90.4 Å². The summed E-state index contributed by atoms with van der Waals surface area (Å²) >= 11 is 0. The second-order valence-corrected chi connectivity index (χ2v) is 13.7. The van der Waals surface area contributed by atoms with Gasteiger partial charge < -0.3 is 23.8 Å². The Hall–Kier alpha value is -4.01. The minimum absolute atomic E-state index is 0.408. The first-order valence-electron chi connectivity index (χ1n) is 15.3. The van der Waals surface area contributed by atoms with E-state index in [9.17, 15) is 9.59 Å². The number of hydrogen-bond acceptors (Lipinski definition) is 8. The predicted molar refractivity (Wildman–Crippen MR) is 167 cm³/mol. The maximum atomic E-state index is 15.3. The van der Waals surface area contributed by atoms with Crippen LogP contribution >= 0.6 is 0 Å². The molecule has 0 aromatic heterocycles. The number of carbonyl (C=O) groups is 3. The lowest BCUT2D eigenvalue weighted by molar-refractivity contribution is -0.165. The zero-order valence-electron chi connectivity index (χ0n) is 27.3. The van der Waals surface area contributed by atoms with Crippen LogP contribution in [0.15, 0.2) is 48.2 Å². The van der Waals surface area contributed by atoms with Gasteiger partial charge >= 0.3 is 12.1 Å². The summed E-state index contributed by atoms with van der Waals surface area (Å²) in [5.41, 5.74) is 0.430. The molecule has 3 aliphatic rings. The van der Waals surface area contributed by atoms with Crippen LogP contribution in [0, 0.1) is 5.92 Å². The number of imide groups is 1. The minimum atomic E-state index is -1.54. The molecule has 2 aromatic rings. The molecular weight excluding hydrogens is 560 g/mol. The molecule has 236 valence electrons. The van der Waals surface area contributed by atoms with Gasteiger partial charge in [0, 0.05) is 6.54 Å². The van der Waals surface area contributed by atoms with E-state index in [0.29, 0.717) is 42.1 Å². The average molecular weight is 605 g/mol. The molecule has 0 unspecified atom stereocenters. The van der Waals surface area contributed by atoms with E-state index in [2.05, 4.69) is 4.90 Å². The van der Waals surface area contributed by atoms with Gasteiger partial charge in [-0.25, -0.2) is 9.69 Å². The number of esters is 1. The van der Waals surface area contributed by atoms with E-state index >= 15 is 4.79 Å². The highest BCUT2D eigenvalue weighted by Crippen LogP contribution is 2.61. The van der Waals surface area contributed by atoms with Gasteiger partial charge in [0.1, 0.15) is 22.5 Å². The van der Waals surface area contributed by atoms with E-state index in [-0.39, 0.29) is 0 Å². The second-order valence-electron chi connectivity index (χ2n) is 13.7. The van der Waals surface area contributed by atoms with Gasteiger partial charge in [0.15, 0.2) is 11.5 Å². The first kappa shape index (κ1) is 31.4. The number of ether oxygens (including phenoxy) is 4. The first-order valence-corrected chi connectivity index (χ1v) is 15.3. The van der Waals surface area contributed by atoms with Gasteiger partial charge in [0.2, 0.25) is 0 Å². The summed E-state index contributed by atoms with van der Waals surface area (Å²) in [6.45, 7) is 13.4. The highest BCUT2D eigenvalue weighted by Gasteiger charge is 2.68. The summed E-state index contributed by atoms with van der Waals surface area (Å²) in [5.74, 6) is -0.906. The summed E-state index contributed by atoms with van der Waals surface area (Å²) in [6.07, 6.45) is 3.29. The van der Waals surface area contributed by atoms with Gasteiger partial charge in [0.25, 0.3) is 5.91 Å². The van der Waals surface area contributed by atoms with E-state index in [4.69, 9.17) is 18.9 Å². The molecule has 9 nitrogen and oxygen atoms in total. The number of para-hydroxylation sites is 1. The number of hydrogen-bond donors (Lipinski definition) is 0. The van der Waals surface area contributed by atoms with Crippen molar-refractivity contribution in [3.8, 4) is 11.5 Å². The fourth-order valence-corrected chi connectivity index (χ4v) is 7.00. The van der Waals surface area contributed by atoms with Crippen molar-refractivity contribution >= 4 is 23.7 Å². The molecule has 0 aliphatic carbocycles. The van der Waals surface area contributed by atoms with Gasteiger partial charge in [-0.2, -0.15) is 0 Å². The van der Waals surface area contributed by atoms with E-state index in [0.717, 1.165) is 28.0 Å². The van der Waals surface area contributed by atoms with Crippen LogP contribution in [0.4, 0.5) is 10.5 Å². The molecule has 44 heavy (non-hydrogen) atoms. The molecule has 2 amide bonds. The summed E-state index contributed by atoms with van der Waals surface area (Å²) < 4.78 is 23.2. The second kappa shape index (κ2) is 11.2.